The van der Waals surface area contributed by atoms with Gasteiger partial charge in [0.2, 0.25) is 0 Å². The fourth-order valence-corrected chi connectivity index (χ4v) is 1.82. The summed E-state index contributed by atoms with van der Waals surface area (Å²) in [5, 5.41) is 9.68. The van der Waals surface area contributed by atoms with Crippen molar-refractivity contribution in [3.63, 3.8) is 0 Å². The average Bonchev–Trinajstić information content (AvgIpc) is 2.16. The minimum Gasteiger partial charge on any atom is -0.480 e. The van der Waals surface area contributed by atoms with Crippen molar-refractivity contribution in [1.82, 2.24) is 0 Å². The Morgan fingerprint density at radius 1 is 1.56 bits per heavy atom. The Balaban J connectivity index is 2.80. The molecule has 0 saturated heterocycles. The summed E-state index contributed by atoms with van der Waals surface area (Å²) in [5.74, 6) is -1.04. The number of carboxylic acid groups (broad SMARTS) is 1. The number of hydrogen-bond donors (Lipinski definition) is 2. The maximum absolute atomic E-state index is 10.6. The lowest BCUT2D eigenvalue weighted by atomic mass is 10.2. The van der Waals surface area contributed by atoms with Gasteiger partial charge in [0.15, 0.2) is 0 Å². The van der Waals surface area contributed by atoms with Gasteiger partial charge in [-0.15, -0.1) is 0 Å². The van der Waals surface area contributed by atoms with E-state index in [0.717, 1.165) is 0 Å². The van der Waals surface area contributed by atoms with Gasteiger partial charge < -0.3 is 15.7 Å². The second kappa shape index (κ2) is 5.39. The number of nitrogens with two attached hydrogens (primary N) is 1. The highest BCUT2D eigenvalue weighted by atomic mass is 35.5. The van der Waals surface area contributed by atoms with E-state index in [1.807, 2.05) is 0 Å². The monoisotopic (exact) mass is 262 g/mol. The van der Waals surface area contributed by atoms with Gasteiger partial charge in [-0.05, 0) is 18.2 Å². The molecule has 16 heavy (non-hydrogen) atoms. The van der Waals surface area contributed by atoms with Gasteiger partial charge >= 0.3 is 5.97 Å². The van der Waals surface area contributed by atoms with E-state index in [2.05, 4.69) is 0 Å². The fraction of sp³-hybridized carbons (Fsp3) is 0.300. The maximum Gasteiger partial charge on any atom is 0.322 e. The van der Waals surface area contributed by atoms with Gasteiger partial charge in [0.1, 0.15) is 6.04 Å². The van der Waals surface area contributed by atoms with Gasteiger partial charge in [-0.3, -0.25) is 4.79 Å². The molecule has 4 nitrogen and oxygen atoms in total. The number of carboxylic acids is 1. The third kappa shape index (κ3) is 3.27. The van der Waals surface area contributed by atoms with E-state index in [1.54, 1.807) is 30.1 Å². The number of nitrogens with zero attached hydrogens (tertiary/aromatic N) is 1. The first-order chi connectivity index (χ1) is 7.41. The third-order valence-corrected chi connectivity index (χ3v) is 2.65. The smallest absolute Gasteiger partial charge is 0.322 e. The molecule has 3 N–H and O–H groups in total. The Bertz CT molecular complexity index is 398. The van der Waals surface area contributed by atoms with Gasteiger partial charge in [-0.2, -0.15) is 0 Å². The standard InChI is InChI=1S/C10H12Cl2N2O2/c1-14(5-8(13)10(15)16)9-3-2-6(11)4-7(9)12/h2-4,8H,5,13H2,1H3,(H,15,16). The molecule has 0 radical (unpaired) electrons. The highest BCUT2D eigenvalue weighted by Gasteiger charge is 2.15. The van der Waals surface area contributed by atoms with Crippen LogP contribution in [-0.4, -0.2) is 30.7 Å². The van der Waals surface area contributed by atoms with Gasteiger partial charge in [-0.1, -0.05) is 23.2 Å². The van der Waals surface area contributed by atoms with Gasteiger partial charge in [0.05, 0.1) is 10.7 Å². The van der Waals surface area contributed by atoms with E-state index in [1.165, 1.54) is 0 Å². The second-order valence-electron chi connectivity index (χ2n) is 3.42. The number of rotatable bonds is 4. The fourth-order valence-electron chi connectivity index (χ4n) is 1.26. The minimum absolute atomic E-state index is 0.177. The molecule has 1 atom stereocenters. The summed E-state index contributed by atoms with van der Waals surface area (Å²) >= 11 is 11.7. The summed E-state index contributed by atoms with van der Waals surface area (Å²) in [5.41, 5.74) is 6.12. The summed E-state index contributed by atoms with van der Waals surface area (Å²) in [6, 6.07) is 4.06. The van der Waals surface area contributed by atoms with Crippen molar-refractivity contribution in [3.8, 4) is 0 Å². The molecule has 0 heterocycles. The number of benzene rings is 1. The second-order valence-corrected chi connectivity index (χ2v) is 4.26. The van der Waals surface area contributed by atoms with Crippen LogP contribution in [0.15, 0.2) is 18.2 Å². The molecule has 1 unspecified atom stereocenters. The van der Waals surface area contributed by atoms with Crippen LogP contribution in [0.2, 0.25) is 10.0 Å². The van der Waals surface area contributed by atoms with E-state index < -0.39 is 12.0 Å². The van der Waals surface area contributed by atoms with E-state index in [9.17, 15) is 4.79 Å². The van der Waals surface area contributed by atoms with Crippen LogP contribution in [0.4, 0.5) is 5.69 Å². The van der Waals surface area contributed by atoms with Crippen LogP contribution in [0.3, 0.4) is 0 Å². The van der Waals surface area contributed by atoms with Crippen LogP contribution in [-0.2, 0) is 4.79 Å². The Morgan fingerprint density at radius 2 is 2.19 bits per heavy atom. The summed E-state index contributed by atoms with van der Waals surface area (Å²) in [4.78, 5) is 12.3. The Labute approximate surface area is 104 Å². The summed E-state index contributed by atoms with van der Waals surface area (Å²) in [7, 11) is 1.72. The van der Waals surface area contributed by atoms with Crippen molar-refractivity contribution in [2.24, 2.45) is 5.73 Å². The number of hydrogen-bond acceptors (Lipinski definition) is 3. The predicted molar refractivity (Wildman–Crippen MR) is 65.3 cm³/mol. The summed E-state index contributed by atoms with van der Waals surface area (Å²) < 4.78 is 0. The topological polar surface area (TPSA) is 66.6 Å². The zero-order valence-corrected chi connectivity index (χ0v) is 10.2. The molecule has 0 bridgehead atoms. The molecule has 0 spiro atoms. The molecule has 1 rings (SSSR count). The van der Waals surface area contributed by atoms with Crippen molar-refractivity contribution in [2.75, 3.05) is 18.5 Å². The van der Waals surface area contributed by atoms with Crippen LogP contribution < -0.4 is 10.6 Å². The first kappa shape index (κ1) is 13.1. The molecular weight excluding hydrogens is 251 g/mol. The average molecular weight is 263 g/mol. The Kier molecular flexibility index (Phi) is 4.41. The summed E-state index contributed by atoms with van der Waals surface area (Å²) in [6.07, 6.45) is 0. The molecule has 1 aromatic carbocycles. The highest BCUT2D eigenvalue weighted by molar-refractivity contribution is 6.36. The van der Waals surface area contributed by atoms with Crippen molar-refractivity contribution in [2.45, 2.75) is 6.04 Å². The molecule has 0 fully saturated rings. The third-order valence-electron chi connectivity index (χ3n) is 2.11. The number of likely N-dealkylation sites (N-methyl/N-ethyl adjacent to an activating group) is 1. The number of carbonyl (C=O) groups is 1. The van der Waals surface area contributed by atoms with Crippen molar-refractivity contribution < 1.29 is 9.90 Å². The molecule has 1 aromatic rings. The lowest BCUT2D eigenvalue weighted by Gasteiger charge is -2.22. The molecule has 0 aromatic heterocycles. The predicted octanol–water partition coefficient (Wildman–Crippen LogP) is 1.84. The molecule has 0 aliphatic heterocycles. The van der Waals surface area contributed by atoms with E-state index >= 15 is 0 Å². The molecule has 0 aliphatic rings. The van der Waals surface area contributed by atoms with E-state index in [0.29, 0.717) is 15.7 Å². The lowest BCUT2D eigenvalue weighted by molar-refractivity contribution is -0.138. The van der Waals surface area contributed by atoms with Crippen molar-refractivity contribution in [1.29, 1.82) is 0 Å². The van der Waals surface area contributed by atoms with E-state index in [-0.39, 0.29) is 6.54 Å². The normalized spacial score (nSPS) is 12.2. The van der Waals surface area contributed by atoms with Gasteiger partial charge in [-0.25, -0.2) is 0 Å². The number of anilines is 1. The quantitative estimate of drug-likeness (QED) is 0.869. The van der Waals surface area contributed by atoms with Crippen LogP contribution >= 0.6 is 23.2 Å². The first-order valence-corrected chi connectivity index (χ1v) is 5.32. The molecule has 6 heteroatoms. The van der Waals surface area contributed by atoms with Gasteiger partial charge in [0, 0.05) is 18.6 Å². The first-order valence-electron chi connectivity index (χ1n) is 4.56. The molecule has 0 aliphatic carbocycles. The zero-order chi connectivity index (χ0) is 12.3. The van der Waals surface area contributed by atoms with Gasteiger partial charge in [0.25, 0.3) is 0 Å². The highest BCUT2D eigenvalue weighted by Crippen LogP contribution is 2.27. The molecular formula is C10H12Cl2N2O2. The van der Waals surface area contributed by atoms with E-state index in [4.69, 9.17) is 34.0 Å². The Morgan fingerprint density at radius 3 is 2.69 bits per heavy atom. The van der Waals surface area contributed by atoms with Crippen LogP contribution in [0, 0.1) is 0 Å². The molecule has 0 amide bonds. The largest absolute Gasteiger partial charge is 0.480 e. The number of halogens is 2. The number of aliphatic carboxylic acids is 1. The lowest BCUT2D eigenvalue weighted by Crippen LogP contribution is -2.41. The Hall–Kier alpha value is -0.970. The van der Waals surface area contributed by atoms with Crippen LogP contribution in [0.25, 0.3) is 0 Å². The maximum atomic E-state index is 10.6. The minimum atomic E-state index is -1.04. The SMILES string of the molecule is CN(CC(N)C(=O)O)c1ccc(Cl)cc1Cl. The molecule has 0 saturated carbocycles. The zero-order valence-electron chi connectivity index (χ0n) is 8.65. The van der Waals surface area contributed by atoms with Crippen LogP contribution in [0.1, 0.15) is 0 Å². The van der Waals surface area contributed by atoms with Crippen LogP contribution in [0.5, 0.6) is 0 Å². The summed E-state index contributed by atoms with van der Waals surface area (Å²) in [6.45, 7) is 0.177. The van der Waals surface area contributed by atoms with Crippen molar-refractivity contribution >= 4 is 34.9 Å². The van der Waals surface area contributed by atoms with Crippen molar-refractivity contribution in [3.05, 3.63) is 28.2 Å². The molecule has 88 valence electrons.